The number of hydrogen-bond acceptors (Lipinski definition) is 15. The zero-order valence-corrected chi connectivity index (χ0v) is 30.1. The van der Waals surface area contributed by atoms with E-state index >= 15 is 0 Å². The topological polar surface area (TPSA) is 185 Å². The van der Waals surface area contributed by atoms with E-state index < -0.39 is 78.7 Å². The van der Waals surface area contributed by atoms with Crippen LogP contribution in [0.3, 0.4) is 0 Å². The second-order valence-corrected chi connectivity index (χ2v) is 13.0. The van der Waals surface area contributed by atoms with Crippen molar-refractivity contribution in [2.24, 2.45) is 0 Å². The lowest BCUT2D eigenvalue weighted by molar-refractivity contribution is -0.238. The molecular formula is C37H48O15. The van der Waals surface area contributed by atoms with Gasteiger partial charge in [-0.25, -0.2) is 4.79 Å². The van der Waals surface area contributed by atoms with Gasteiger partial charge in [-0.15, -0.1) is 0 Å². The van der Waals surface area contributed by atoms with E-state index in [9.17, 15) is 28.8 Å². The van der Waals surface area contributed by atoms with Crippen LogP contribution in [0.15, 0.2) is 42.5 Å². The highest BCUT2D eigenvalue weighted by molar-refractivity contribution is 5.81. The van der Waals surface area contributed by atoms with E-state index in [1.54, 1.807) is 6.08 Å². The summed E-state index contributed by atoms with van der Waals surface area (Å²) < 4.78 is 51.6. The predicted octanol–water partition coefficient (Wildman–Crippen LogP) is 2.87. The van der Waals surface area contributed by atoms with Crippen molar-refractivity contribution in [3.8, 4) is 0 Å². The Balaban J connectivity index is 1.44. The minimum Gasteiger partial charge on any atom is -0.466 e. The predicted molar refractivity (Wildman–Crippen MR) is 178 cm³/mol. The molecule has 15 nitrogen and oxygen atoms in total. The SMILES string of the molecule is COC(=O)/C=C/CC[C@@H]1O[C@@H]2[C@@H](OC(CC(=O)CC[C@H]3C[C@H](OCc4ccccc4)[C@H](COC(C)=O)O3)[C@@H]2OC(C)=O)[C@@H](OC(C)=O)[C@H]1OC(C)=O. The minimum atomic E-state index is -1.15. The highest BCUT2D eigenvalue weighted by atomic mass is 16.7. The maximum absolute atomic E-state index is 13.5. The minimum absolute atomic E-state index is 0.0163. The first kappa shape index (κ1) is 40.6. The molecular weight excluding hydrogens is 684 g/mol. The first-order valence-corrected chi connectivity index (χ1v) is 17.4. The van der Waals surface area contributed by atoms with Crippen LogP contribution < -0.4 is 0 Å². The van der Waals surface area contributed by atoms with Gasteiger partial charge in [0.25, 0.3) is 0 Å². The van der Waals surface area contributed by atoms with Gasteiger partial charge in [-0.05, 0) is 24.8 Å². The molecule has 3 heterocycles. The third-order valence-electron chi connectivity index (χ3n) is 8.88. The monoisotopic (exact) mass is 732 g/mol. The van der Waals surface area contributed by atoms with Gasteiger partial charge in [-0.3, -0.25) is 24.0 Å². The molecule has 0 N–H and O–H groups in total. The van der Waals surface area contributed by atoms with Crippen LogP contribution in [0.1, 0.15) is 71.8 Å². The number of rotatable bonds is 17. The lowest BCUT2D eigenvalue weighted by Gasteiger charge is -2.43. The number of hydrogen-bond donors (Lipinski definition) is 0. The van der Waals surface area contributed by atoms with Crippen molar-refractivity contribution in [2.45, 2.75) is 134 Å². The van der Waals surface area contributed by atoms with Crippen LogP contribution in [0, 0.1) is 0 Å². The molecule has 3 aliphatic heterocycles. The smallest absolute Gasteiger partial charge is 0.330 e. The van der Waals surface area contributed by atoms with Crippen molar-refractivity contribution >= 4 is 35.6 Å². The molecule has 0 aromatic heterocycles. The molecule has 3 aliphatic rings. The second kappa shape index (κ2) is 19.6. The number of ether oxygens (including phenoxy) is 9. The van der Waals surface area contributed by atoms with Gasteiger partial charge in [-0.2, -0.15) is 0 Å². The summed E-state index contributed by atoms with van der Waals surface area (Å²) in [5.41, 5.74) is 0.979. The molecule has 0 amide bonds. The number of esters is 5. The van der Waals surface area contributed by atoms with Crippen LogP contribution >= 0.6 is 0 Å². The van der Waals surface area contributed by atoms with E-state index in [0.29, 0.717) is 25.9 Å². The number of benzene rings is 1. The van der Waals surface area contributed by atoms with Crippen LogP contribution in [-0.4, -0.2) is 110 Å². The number of fused-ring (bicyclic) bond motifs is 1. The lowest BCUT2D eigenvalue weighted by Crippen LogP contribution is -2.60. The molecule has 0 spiro atoms. The van der Waals surface area contributed by atoms with Gasteiger partial charge in [0.1, 0.15) is 36.8 Å². The van der Waals surface area contributed by atoms with E-state index in [0.717, 1.165) is 5.56 Å². The standard InChI is InChI=1S/C37H48O15/c1-21(38)45-20-31-29(46-19-25-11-7-6-8-12-25)18-27(50-31)16-15-26(42)17-30-34(48-23(3)40)36-37(52-30)35(49-24(4)41)33(47-22(2)39)28(51-36)13-9-10-14-32(43)44-5/h6-8,10-12,14,27-31,33-37H,9,13,15-20H2,1-5H3/b14-10+/t27-,28-,29-,30?,31-,33-,34-,35-,36-,37-/m0/s1. The van der Waals surface area contributed by atoms with E-state index in [1.165, 1.54) is 40.9 Å². The van der Waals surface area contributed by atoms with E-state index in [-0.39, 0.29) is 43.9 Å². The van der Waals surface area contributed by atoms with Crippen LogP contribution in [0.5, 0.6) is 0 Å². The Morgan fingerprint density at radius 2 is 1.38 bits per heavy atom. The molecule has 52 heavy (non-hydrogen) atoms. The average molecular weight is 733 g/mol. The fourth-order valence-corrected chi connectivity index (χ4v) is 6.69. The molecule has 4 rings (SSSR count). The first-order valence-electron chi connectivity index (χ1n) is 17.4. The van der Waals surface area contributed by atoms with E-state index in [1.807, 2.05) is 30.3 Å². The Labute approximate surface area is 302 Å². The third kappa shape index (κ3) is 11.9. The van der Waals surface area contributed by atoms with E-state index in [2.05, 4.69) is 4.74 Å². The number of allylic oxidation sites excluding steroid dienone is 1. The molecule has 10 atom stereocenters. The zero-order chi connectivity index (χ0) is 37.8. The number of carbonyl (C=O) groups is 6. The maximum Gasteiger partial charge on any atom is 0.330 e. The van der Waals surface area contributed by atoms with Gasteiger partial charge < -0.3 is 42.6 Å². The third-order valence-corrected chi connectivity index (χ3v) is 8.88. The van der Waals surface area contributed by atoms with E-state index in [4.69, 9.17) is 37.9 Å². The molecule has 0 bridgehead atoms. The van der Waals surface area contributed by atoms with Crippen molar-refractivity contribution in [1.82, 2.24) is 0 Å². The first-order chi connectivity index (χ1) is 24.8. The average Bonchev–Trinajstić information content (AvgIpc) is 3.64. The number of carbonyl (C=O) groups excluding carboxylic acids is 6. The van der Waals surface area contributed by atoms with Crippen molar-refractivity contribution < 1.29 is 71.4 Å². The van der Waals surface area contributed by atoms with Gasteiger partial charge in [0.2, 0.25) is 0 Å². The Morgan fingerprint density at radius 1 is 0.750 bits per heavy atom. The summed E-state index contributed by atoms with van der Waals surface area (Å²) in [5, 5.41) is 0. The number of methoxy groups -OCH3 is 1. The van der Waals surface area contributed by atoms with Gasteiger partial charge in [0.05, 0.1) is 32.0 Å². The Morgan fingerprint density at radius 3 is 2.04 bits per heavy atom. The molecule has 1 aromatic carbocycles. The fraction of sp³-hybridized carbons (Fsp3) is 0.622. The highest BCUT2D eigenvalue weighted by Gasteiger charge is 2.59. The van der Waals surface area contributed by atoms with Crippen molar-refractivity contribution in [3.63, 3.8) is 0 Å². The Bertz CT molecular complexity index is 1430. The summed E-state index contributed by atoms with van der Waals surface area (Å²) in [6, 6.07) is 9.62. The van der Waals surface area contributed by atoms with Gasteiger partial charge in [0.15, 0.2) is 18.3 Å². The van der Waals surface area contributed by atoms with Crippen LogP contribution in [0.2, 0.25) is 0 Å². The summed E-state index contributed by atoms with van der Waals surface area (Å²) >= 11 is 0. The molecule has 3 fully saturated rings. The molecule has 0 aliphatic carbocycles. The van der Waals surface area contributed by atoms with Crippen molar-refractivity contribution in [2.75, 3.05) is 13.7 Å². The van der Waals surface area contributed by atoms with Crippen molar-refractivity contribution in [1.29, 1.82) is 0 Å². The van der Waals surface area contributed by atoms with Crippen molar-refractivity contribution in [3.05, 3.63) is 48.0 Å². The largest absolute Gasteiger partial charge is 0.466 e. The lowest BCUT2D eigenvalue weighted by atomic mass is 9.90. The van der Waals surface area contributed by atoms with Crippen LogP contribution in [0.25, 0.3) is 0 Å². The molecule has 0 saturated carbocycles. The summed E-state index contributed by atoms with van der Waals surface area (Å²) in [6.07, 6.45) is -4.28. The summed E-state index contributed by atoms with van der Waals surface area (Å²) in [5.74, 6) is -3.17. The normalized spacial score (nSPS) is 29.6. The number of Topliss-reactive ketones (excluding diaryl/α,β-unsaturated/α-hetero) is 1. The maximum atomic E-state index is 13.5. The molecule has 286 valence electrons. The molecule has 0 radical (unpaired) electrons. The zero-order valence-electron chi connectivity index (χ0n) is 30.1. The summed E-state index contributed by atoms with van der Waals surface area (Å²) in [6.45, 7) is 5.29. The molecule has 15 heteroatoms. The van der Waals surface area contributed by atoms with Gasteiger partial charge >= 0.3 is 29.8 Å². The fourth-order valence-electron chi connectivity index (χ4n) is 6.69. The molecule has 1 aromatic rings. The Hall–Kier alpha value is -4.18. The summed E-state index contributed by atoms with van der Waals surface area (Å²) in [7, 11) is 1.25. The molecule has 3 saturated heterocycles. The second-order valence-electron chi connectivity index (χ2n) is 13.0. The van der Waals surface area contributed by atoms with Gasteiger partial charge in [-0.1, -0.05) is 36.4 Å². The highest BCUT2D eigenvalue weighted by Crippen LogP contribution is 2.40. The van der Waals surface area contributed by atoms with Crippen LogP contribution in [0.4, 0.5) is 0 Å². The summed E-state index contributed by atoms with van der Waals surface area (Å²) in [4.78, 5) is 73.2. The quantitative estimate of drug-likeness (QED) is 0.129. The van der Waals surface area contributed by atoms with Gasteiger partial charge in [0, 0.05) is 53.0 Å². The Kier molecular flexibility index (Phi) is 15.3. The van der Waals surface area contributed by atoms with Crippen LogP contribution in [-0.2, 0) is 78.0 Å². The molecule has 1 unspecified atom stereocenters. The number of ketones is 1.